The molecule has 2 saturated heterocycles. The van der Waals surface area contributed by atoms with Crippen LogP contribution < -0.4 is 15.5 Å². The molecule has 0 aromatic heterocycles. The Bertz CT molecular complexity index is 1080. The molecule has 1 unspecified atom stereocenters. The topological polar surface area (TPSA) is 98.8 Å². The summed E-state index contributed by atoms with van der Waals surface area (Å²) in [6, 6.07) is 13.7. The molecule has 8 nitrogen and oxygen atoms in total. The minimum absolute atomic E-state index is 0.00444. The molecule has 5 amide bonds. The second-order valence-corrected chi connectivity index (χ2v) is 7.98. The molecule has 160 valence electrons. The SMILES string of the molecule is Cc1ccccc1C1(C)NC(=O)N(CC(=O)Nc2ccccc2N2CCCC2=O)C1=O. The van der Waals surface area contributed by atoms with Crippen LogP contribution in [-0.4, -0.2) is 41.7 Å². The first-order valence-corrected chi connectivity index (χ1v) is 10.2. The number of hydrogen-bond donors (Lipinski definition) is 2. The zero-order chi connectivity index (χ0) is 22.2. The van der Waals surface area contributed by atoms with Crippen LogP contribution in [0.25, 0.3) is 0 Å². The molecule has 31 heavy (non-hydrogen) atoms. The van der Waals surface area contributed by atoms with Gasteiger partial charge in [-0.2, -0.15) is 0 Å². The summed E-state index contributed by atoms with van der Waals surface area (Å²) in [4.78, 5) is 53.1. The van der Waals surface area contributed by atoms with Crippen LogP contribution in [-0.2, 0) is 19.9 Å². The lowest BCUT2D eigenvalue weighted by Crippen LogP contribution is -2.42. The fraction of sp³-hybridized carbons (Fsp3) is 0.304. The summed E-state index contributed by atoms with van der Waals surface area (Å²) in [6.45, 7) is 3.68. The Balaban J connectivity index is 1.51. The number of nitrogens with zero attached hydrogens (tertiary/aromatic N) is 2. The third kappa shape index (κ3) is 3.65. The third-order valence-electron chi connectivity index (χ3n) is 5.80. The Hall–Kier alpha value is -3.68. The number of aryl methyl sites for hydroxylation is 1. The molecule has 2 N–H and O–H groups in total. The van der Waals surface area contributed by atoms with Gasteiger partial charge in [-0.05, 0) is 43.5 Å². The van der Waals surface area contributed by atoms with Crippen molar-refractivity contribution in [2.75, 3.05) is 23.3 Å². The second-order valence-electron chi connectivity index (χ2n) is 7.98. The lowest BCUT2D eigenvalue weighted by Gasteiger charge is -2.24. The van der Waals surface area contributed by atoms with Gasteiger partial charge in [0.2, 0.25) is 11.8 Å². The maximum atomic E-state index is 13.1. The summed E-state index contributed by atoms with van der Waals surface area (Å²) in [5, 5.41) is 5.47. The lowest BCUT2D eigenvalue weighted by molar-refractivity contribution is -0.133. The van der Waals surface area contributed by atoms with Crippen molar-refractivity contribution >= 4 is 35.1 Å². The maximum absolute atomic E-state index is 13.1. The Morgan fingerprint density at radius 3 is 2.52 bits per heavy atom. The van der Waals surface area contributed by atoms with E-state index >= 15 is 0 Å². The van der Waals surface area contributed by atoms with Gasteiger partial charge in [-0.3, -0.25) is 19.3 Å². The highest BCUT2D eigenvalue weighted by Crippen LogP contribution is 2.32. The van der Waals surface area contributed by atoms with Gasteiger partial charge in [0.1, 0.15) is 12.1 Å². The third-order valence-corrected chi connectivity index (χ3v) is 5.80. The monoisotopic (exact) mass is 420 g/mol. The summed E-state index contributed by atoms with van der Waals surface area (Å²) in [5.74, 6) is -0.994. The minimum atomic E-state index is -1.23. The number of amides is 5. The van der Waals surface area contributed by atoms with Crippen molar-refractivity contribution in [3.05, 3.63) is 59.7 Å². The first kappa shape index (κ1) is 20.6. The Labute approximate surface area is 180 Å². The number of carbonyl (C=O) groups excluding carboxylic acids is 4. The molecule has 2 aliphatic rings. The zero-order valence-electron chi connectivity index (χ0n) is 17.5. The molecule has 2 aromatic carbocycles. The highest BCUT2D eigenvalue weighted by Gasteiger charge is 2.50. The standard InChI is InChI=1S/C23H24N4O4/c1-15-8-3-4-9-16(15)23(2)21(30)27(22(31)25-23)14-19(28)24-17-10-5-6-11-18(17)26-13-7-12-20(26)29/h3-6,8-11H,7,12-14H2,1-2H3,(H,24,28)(H,25,31). The van der Waals surface area contributed by atoms with Gasteiger partial charge in [0.15, 0.2) is 0 Å². The Morgan fingerprint density at radius 2 is 1.81 bits per heavy atom. The van der Waals surface area contributed by atoms with Crippen LogP contribution in [0.15, 0.2) is 48.5 Å². The number of rotatable bonds is 5. The van der Waals surface area contributed by atoms with Gasteiger partial charge >= 0.3 is 6.03 Å². The highest BCUT2D eigenvalue weighted by atomic mass is 16.2. The summed E-state index contributed by atoms with van der Waals surface area (Å²) < 4.78 is 0. The molecule has 1 atom stereocenters. The molecular formula is C23H24N4O4. The predicted octanol–water partition coefficient (Wildman–Crippen LogP) is 2.53. The zero-order valence-corrected chi connectivity index (χ0v) is 17.5. The smallest absolute Gasteiger partial charge is 0.323 e. The van der Waals surface area contributed by atoms with E-state index in [1.165, 1.54) is 0 Å². The van der Waals surface area contributed by atoms with E-state index in [-0.39, 0.29) is 5.91 Å². The first-order valence-electron chi connectivity index (χ1n) is 10.2. The van der Waals surface area contributed by atoms with E-state index in [4.69, 9.17) is 0 Å². The van der Waals surface area contributed by atoms with Crippen LogP contribution >= 0.6 is 0 Å². The maximum Gasteiger partial charge on any atom is 0.325 e. The lowest BCUT2D eigenvalue weighted by atomic mass is 9.88. The summed E-state index contributed by atoms with van der Waals surface area (Å²) in [7, 11) is 0. The highest BCUT2D eigenvalue weighted by molar-refractivity contribution is 6.11. The summed E-state index contributed by atoms with van der Waals surface area (Å²) in [5.41, 5.74) is 1.41. The van der Waals surface area contributed by atoms with Crippen molar-refractivity contribution in [3.8, 4) is 0 Å². The van der Waals surface area contributed by atoms with Crippen molar-refractivity contribution < 1.29 is 19.2 Å². The minimum Gasteiger partial charge on any atom is -0.323 e. The largest absolute Gasteiger partial charge is 0.325 e. The fourth-order valence-electron chi connectivity index (χ4n) is 4.21. The number of benzene rings is 2. The molecule has 0 spiro atoms. The number of carbonyl (C=O) groups is 4. The van der Waals surface area contributed by atoms with Crippen LogP contribution in [0.5, 0.6) is 0 Å². The number of nitrogens with one attached hydrogen (secondary N) is 2. The molecule has 2 heterocycles. The van der Waals surface area contributed by atoms with Crippen LogP contribution in [0.1, 0.15) is 30.9 Å². The molecule has 0 bridgehead atoms. The molecule has 2 fully saturated rings. The van der Waals surface area contributed by atoms with Crippen molar-refractivity contribution in [1.29, 1.82) is 0 Å². The molecule has 0 saturated carbocycles. The molecule has 2 aliphatic heterocycles. The molecule has 0 aliphatic carbocycles. The van der Waals surface area contributed by atoms with Crippen LogP contribution in [0.3, 0.4) is 0 Å². The van der Waals surface area contributed by atoms with E-state index in [1.54, 1.807) is 48.2 Å². The Morgan fingerprint density at radius 1 is 1.10 bits per heavy atom. The average molecular weight is 420 g/mol. The van der Waals surface area contributed by atoms with Gasteiger partial charge in [0.25, 0.3) is 5.91 Å². The molecule has 0 radical (unpaired) electrons. The normalized spacial score (nSPS) is 20.9. The van der Waals surface area contributed by atoms with E-state index in [2.05, 4.69) is 10.6 Å². The average Bonchev–Trinajstić information content (AvgIpc) is 3.25. The van der Waals surface area contributed by atoms with E-state index in [9.17, 15) is 19.2 Å². The molecule has 2 aromatic rings. The summed E-state index contributed by atoms with van der Waals surface area (Å²) >= 11 is 0. The number of urea groups is 1. The van der Waals surface area contributed by atoms with Gasteiger partial charge in [-0.1, -0.05) is 36.4 Å². The molecule has 4 rings (SSSR count). The number of anilines is 2. The van der Waals surface area contributed by atoms with Gasteiger partial charge in [0, 0.05) is 13.0 Å². The van der Waals surface area contributed by atoms with Crippen LogP contribution in [0.4, 0.5) is 16.2 Å². The fourth-order valence-corrected chi connectivity index (χ4v) is 4.21. The van der Waals surface area contributed by atoms with Crippen LogP contribution in [0.2, 0.25) is 0 Å². The number of hydrogen-bond acceptors (Lipinski definition) is 4. The predicted molar refractivity (Wildman–Crippen MR) is 115 cm³/mol. The van der Waals surface area contributed by atoms with E-state index in [0.717, 1.165) is 16.9 Å². The van der Waals surface area contributed by atoms with E-state index in [0.29, 0.717) is 29.9 Å². The van der Waals surface area contributed by atoms with Gasteiger partial charge < -0.3 is 15.5 Å². The van der Waals surface area contributed by atoms with Gasteiger partial charge in [-0.15, -0.1) is 0 Å². The van der Waals surface area contributed by atoms with Crippen molar-refractivity contribution in [2.45, 2.75) is 32.2 Å². The van der Waals surface area contributed by atoms with Gasteiger partial charge in [-0.25, -0.2) is 4.79 Å². The van der Waals surface area contributed by atoms with Crippen molar-refractivity contribution in [2.24, 2.45) is 0 Å². The van der Waals surface area contributed by atoms with E-state index < -0.39 is 29.9 Å². The van der Waals surface area contributed by atoms with Gasteiger partial charge in [0.05, 0.1) is 11.4 Å². The number of para-hydroxylation sites is 2. The van der Waals surface area contributed by atoms with Crippen molar-refractivity contribution in [1.82, 2.24) is 10.2 Å². The van der Waals surface area contributed by atoms with Crippen molar-refractivity contribution in [3.63, 3.8) is 0 Å². The van der Waals surface area contributed by atoms with E-state index in [1.807, 2.05) is 19.1 Å². The summed E-state index contributed by atoms with van der Waals surface area (Å²) in [6.07, 6.45) is 1.24. The van der Waals surface area contributed by atoms with Crippen LogP contribution in [0, 0.1) is 6.92 Å². The molecular weight excluding hydrogens is 396 g/mol. The quantitative estimate of drug-likeness (QED) is 0.726. The first-order chi connectivity index (χ1) is 14.8. The Kier molecular flexibility index (Phi) is 5.22. The second kappa shape index (κ2) is 7.86. The number of imide groups is 1. The molecule has 8 heteroatoms.